The average Bonchev–Trinajstić information content (AvgIpc) is 2.00. The van der Waals surface area contributed by atoms with Crippen molar-refractivity contribution in [2.75, 3.05) is 13.2 Å². The highest BCUT2D eigenvalue weighted by Gasteiger charge is 2.01. The fourth-order valence-electron chi connectivity index (χ4n) is 0.554. The molecule has 0 heterocycles. The lowest BCUT2D eigenvalue weighted by molar-refractivity contribution is -0.134. The average molecular weight is 253 g/mol. The Bertz CT molecular complexity index is 185. The minimum atomic E-state index is -0.515. The summed E-state index contributed by atoms with van der Waals surface area (Å²) in [4.78, 5) is 10.8. The van der Waals surface area contributed by atoms with Gasteiger partial charge in [-0.2, -0.15) is 5.10 Å². The maximum atomic E-state index is 10.8. The first-order valence-corrected chi connectivity index (χ1v) is 4.59. The van der Waals surface area contributed by atoms with Gasteiger partial charge in [-0.05, 0) is 13.8 Å². The maximum absolute atomic E-state index is 10.8. The molecule has 13 heavy (non-hydrogen) atoms. The van der Waals surface area contributed by atoms with E-state index in [-0.39, 0.29) is 0 Å². The van der Waals surface area contributed by atoms with Crippen molar-refractivity contribution in [3.63, 3.8) is 0 Å². The second kappa shape index (κ2) is 6.85. The summed E-state index contributed by atoms with van der Waals surface area (Å²) in [6.07, 6.45) is 0.527. The first-order valence-electron chi connectivity index (χ1n) is 3.88. The van der Waals surface area contributed by atoms with Crippen molar-refractivity contribution in [2.45, 2.75) is 20.0 Å². The molecule has 0 aromatic heterocycles. The predicted octanol–water partition coefficient (Wildman–Crippen LogP) is 0.528. The molecule has 76 valence electrons. The van der Waals surface area contributed by atoms with Crippen LogP contribution in [-0.4, -0.2) is 40.6 Å². The molecule has 0 bridgehead atoms. The quantitative estimate of drug-likeness (QED) is 0.336. The minimum absolute atomic E-state index is 0.301. The van der Waals surface area contributed by atoms with E-state index < -0.39 is 12.1 Å². The van der Waals surface area contributed by atoms with E-state index in [0.29, 0.717) is 13.2 Å². The van der Waals surface area contributed by atoms with Crippen LogP contribution < -0.4 is 0 Å². The van der Waals surface area contributed by atoms with Gasteiger partial charge in [-0.3, -0.25) is 0 Å². The van der Waals surface area contributed by atoms with E-state index in [9.17, 15) is 4.79 Å². The molecular weight excluding hydrogens is 240 g/mol. The van der Waals surface area contributed by atoms with Crippen LogP contribution in [0.15, 0.2) is 5.10 Å². The molecule has 0 spiro atoms. The van der Waals surface area contributed by atoms with Gasteiger partial charge in [-0.15, -0.1) is 0 Å². The monoisotopic (exact) mass is 252 g/mol. The van der Waals surface area contributed by atoms with Gasteiger partial charge in [0.15, 0.2) is 0 Å². The third-order valence-electron chi connectivity index (χ3n) is 0.990. The van der Waals surface area contributed by atoms with Gasteiger partial charge in [0, 0.05) is 0 Å². The Hall–Kier alpha value is -0.620. The molecule has 1 N–H and O–H groups in total. The Morgan fingerprint density at radius 3 is 2.92 bits per heavy atom. The number of aliphatic hydroxyl groups excluding tert-OH is 1. The Labute approximate surface area is 85.7 Å². The van der Waals surface area contributed by atoms with Crippen molar-refractivity contribution in [1.29, 1.82) is 0 Å². The second-order valence-electron chi connectivity index (χ2n) is 2.36. The van der Waals surface area contributed by atoms with Crippen LogP contribution in [0.4, 0.5) is 0 Å². The normalized spacial score (nSPS) is 12.9. The van der Waals surface area contributed by atoms with Gasteiger partial charge in [-0.25, -0.2) is 8.83 Å². The van der Waals surface area contributed by atoms with Crippen LogP contribution in [0.3, 0.4) is 0 Å². The number of rotatable bonds is 5. The van der Waals surface area contributed by atoms with Crippen molar-refractivity contribution < 1.29 is 14.6 Å². The summed E-state index contributed by atoms with van der Waals surface area (Å²) in [7, 11) is 0. The largest absolute Gasteiger partial charge is 0.462 e. The second-order valence-corrected chi connectivity index (χ2v) is 3.18. The molecule has 0 fully saturated rings. The summed E-state index contributed by atoms with van der Waals surface area (Å²) in [6.45, 7) is 3.96. The first-order chi connectivity index (χ1) is 6.06. The van der Waals surface area contributed by atoms with E-state index in [4.69, 9.17) is 5.11 Å². The van der Waals surface area contributed by atoms with Gasteiger partial charge in [0.2, 0.25) is 0 Å². The van der Waals surface area contributed by atoms with Crippen molar-refractivity contribution in [2.24, 2.45) is 5.10 Å². The van der Waals surface area contributed by atoms with E-state index >= 15 is 0 Å². The molecule has 1 unspecified atom stereocenters. The van der Waals surface area contributed by atoms with Crippen molar-refractivity contribution in [3.05, 3.63) is 0 Å². The lowest BCUT2D eigenvalue weighted by Crippen LogP contribution is -2.19. The Morgan fingerprint density at radius 1 is 1.85 bits per heavy atom. The lowest BCUT2D eigenvalue weighted by atomic mass is 10.4. The molecule has 0 aliphatic rings. The van der Waals surface area contributed by atoms with Crippen LogP contribution in [0.25, 0.3) is 0 Å². The molecule has 0 rings (SSSR count). The fourth-order valence-corrected chi connectivity index (χ4v) is 1.07. The molecule has 5 nitrogen and oxygen atoms in total. The summed E-state index contributed by atoms with van der Waals surface area (Å²) >= 11 is 3.03. The fraction of sp³-hybridized carbons (Fsp3) is 0.714. The van der Waals surface area contributed by atoms with Gasteiger partial charge in [0.1, 0.15) is 6.21 Å². The summed E-state index contributed by atoms with van der Waals surface area (Å²) < 4.78 is 5.89. The van der Waals surface area contributed by atoms with Crippen LogP contribution in [0.2, 0.25) is 0 Å². The topological polar surface area (TPSA) is 62.1 Å². The SMILES string of the molecule is CCOC(=O)/C=N\N(Br)CC(C)O. The summed E-state index contributed by atoms with van der Waals surface area (Å²) in [5.41, 5.74) is 0. The summed E-state index contributed by atoms with van der Waals surface area (Å²) in [5, 5.41) is 12.6. The molecular formula is C7H13BrN2O3. The number of aliphatic hydroxyl groups is 1. The van der Waals surface area contributed by atoms with Crippen molar-refractivity contribution >= 4 is 28.3 Å². The Kier molecular flexibility index (Phi) is 6.52. The van der Waals surface area contributed by atoms with E-state index in [1.165, 1.54) is 4.03 Å². The number of hydrazone groups is 1. The molecule has 0 amide bonds. The van der Waals surface area contributed by atoms with Gasteiger partial charge in [-0.1, -0.05) is 0 Å². The number of hydrogen-bond acceptors (Lipinski definition) is 5. The molecule has 0 saturated carbocycles. The zero-order valence-corrected chi connectivity index (χ0v) is 9.19. The highest BCUT2D eigenvalue weighted by molar-refractivity contribution is 9.07. The zero-order chi connectivity index (χ0) is 10.3. The van der Waals surface area contributed by atoms with Crippen molar-refractivity contribution in [1.82, 2.24) is 4.03 Å². The zero-order valence-electron chi connectivity index (χ0n) is 7.61. The number of halogens is 1. The molecule has 6 heteroatoms. The van der Waals surface area contributed by atoms with E-state index in [0.717, 1.165) is 6.21 Å². The van der Waals surface area contributed by atoms with Crippen LogP contribution in [0.5, 0.6) is 0 Å². The smallest absolute Gasteiger partial charge is 0.351 e. The molecule has 0 saturated heterocycles. The number of carbonyl (C=O) groups excluding carboxylic acids is 1. The Balaban J connectivity index is 3.75. The lowest BCUT2D eigenvalue weighted by Gasteiger charge is -2.10. The van der Waals surface area contributed by atoms with Crippen LogP contribution in [0.1, 0.15) is 13.8 Å². The van der Waals surface area contributed by atoms with Crippen LogP contribution in [0, 0.1) is 0 Å². The number of carbonyl (C=O) groups is 1. The standard InChI is InChI=1S/C7H13BrN2O3/c1-3-13-7(12)4-9-10(8)5-6(2)11/h4,6,11H,3,5H2,1-2H3/b9-4-. The van der Waals surface area contributed by atoms with Crippen LogP contribution in [-0.2, 0) is 9.53 Å². The molecule has 0 aliphatic carbocycles. The van der Waals surface area contributed by atoms with Crippen molar-refractivity contribution in [3.8, 4) is 0 Å². The van der Waals surface area contributed by atoms with Gasteiger partial charge < -0.3 is 9.84 Å². The Morgan fingerprint density at radius 2 is 2.46 bits per heavy atom. The number of hydrogen-bond donors (Lipinski definition) is 1. The molecule has 0 aromatic rings. The molecule has 0 radical (unpaired) electrons. The highest BCUT2D eigenvalue weighted by Crippen LogP contribution is 1.99. The van der Waals surface area contributed by atoms with E-state index in [2.05, 4.69) is 26.0 Å². The highest BCUT2D eigenvalue weighted by atomic mass is 79.9. The number of nitrogens with zero attached hydrogens (tertiary/aromatic N) is 2. The van der Waals surface area contributed by atoms with E-state index in [1.807, 2.05) is 0 Å². The third-order valence-corrected chi connectivity index (χ3v) is 1.46. The number of ether oxygens (including phenoxy) is 1. The predicted molar refractivity (Wildman–Crippen MR) is 52.4 cm³/mol. The third kappa shape index (κ3) is 7.73. The van der Waals surface area contributed by atoms with Gasteiger partial charge in [0.05, 0.1) is 35.4 Å². The summed E-state index contributed by atoms with van der Waals surface area (Å²) in [5.74, 6) is -0.502. The van der Waals surface area contributed by atoms with Gasteiger partial charge in [0.25, 0.3) is 0 Å². The summed E-state index contributed by atoms with van der Waals surface area (Å²) in [6, 6.07) is 0. The van der Waals surface area contributed by atoms with Crippen LogP contribution >= 0.6 is 16.1 Å². The maximum Gasteiger partial charge on any atom is 0.351 e. The van der Waals surface area contributed by atoms with Gasteiger partial charge >= 0.3 is 5.97 Å². The van der Waals surface area contributed by atoms with E-state index in [1.54, 1.807) is 13.8 Å². The minimum Gasteiger partial charge on any atom is -0.462 e. The molecule has 1 atom stereocenters. The first kappa shape index (κ1) is 12.4. The number of esters is 1. The molecule has 0 aliphatic heterocycles. The molecule has 0 aromatic carbocycles.